The van der Waals surface area contributed by atoms with E-state index in [1.807, 2.05) is 15.7 Å². The Bertz CT molecular complexity index is 1390. The Morgan fingerprint density at radius 1 is 1.17 bits per heavy atom. The molecule has 2 fully saturated rings. The first-order chi connectivity index (χ1) is 17.2. The fraction of sp³-hybridized carbons (Fsp3) is 0.385. The number of piperazine rings is 1. The Morgan fingerprint density at radius 3 is 2.69 bits per heavy atom. The standard InChI is InChI=1S/C26H27ClFN5O3/c1-26(2)25(36)29-9-11-33(26)24(35)21-8-6-17-18(16-5-7-19(27)20(28)14-16)15-32(23(17)30-21)13-12-31-10-3-4-22(31)34/h5-8,14-15H,3-4,9-13H2,1-2H3,(H,29,36). The number of amides is 3. The van der Waals surface area contributed by atoms with Crippen LogP contribution >= 0.6 is 11.6 Å². The lowest BCUT2D eigenvalue weighted by molar-refractivity contribution is -0.133. The average molecular weight is 512 g/mol. The first-order valence-electron chi connectivity index (χ1n) is 12.0. The number of carbonyl (C=O) groups is 3. The lowest BCUT2D eigenvalue weighted by Crippen LogP contribution is -2.63. The Kier molecular flexibility index (Phi) is 6.20. The van der Waals surface area contributed by atoms with E-state index in [0.717, 1.165) is 23.9 Å². The summed E-state index contributed by atoms with van der Waals surface area (Å²) >= 11 is 5.89. The quantitative estimate of drug-likeness (QED) is 0.568. The van der Waals surface area contributed by atoms with Gasteiger partial charge in [-0.3, -0.25) is 14.4 Å². The van der Waals surface area contributed by atoms with Gasteiger partial charge in [-0.05, 0) is 50.1 Å². The zero-order valence-corrected chi connectivity index (χ0v) is 20.9. The molecule has 2 aliphatic heterocycles. The van der Waals surface area contributed by atoms with Gasteiger partial charge in [0.2, 0.25) is 11.8 Å². The topological polar surface area (TPSA) is 87.5 Å². The van der Waals surface area contributed by atoms with Gasteiger partial charge in [0.25, 0.3) is 5.91 Å². The number of nitrogens with one attached hydrogen (secondary N) is 1. The van der Waals surface area contributed by atoms with Gasteiger partial charge >= 0.3 is 0 Å². The molecule has 8 nitrogen and oxygen atoms in total. The van der Waals surface area contributed by atoms with E-state index in [2.05, 4.69) is 5.32 Å². The largest absolute Gasteiger partial charge is 0.352 e. The monoisotopic (exact) mass is 511 g/mol. The number of aromatic nitrogens is 2. The normalized spacial score (nSPS) is 17.7. The molecule has 36 heavy (non-hydrogen) atoms. The van der Waals surface area contributed by atoms with Gasteiger partial charge in [-0.25, -0.2) is 9.37 Å². The minimum absolute atomic E-state index is 0.0363. The second kappa shape index (κ2) is 9.20. The van der Waals surface area contributed by atoms with Crippen LogP contribution in [0.1, 0.15) is 37.2 Å². The van der Waals surface area contributed by atoms with E-state index in [1.165, 1.54) is 17.0 Å². The molecule has 3 aromatic rings. The zero-order valence-electron chi connectivity index (χ0n) is 20.2. The highest BCUT2D eigenvalue weighted by Crippen LogP contribution is 2.32. The number of halogens is 2. The van der Waals surface area contributed by atoms with E-state index in [1.54, 1.807) is 32.0 Å². The summed E-state index contributed by atoms with van der Waals surface area (Å²) in [6.45, 7) is 5.88. The summed E-state index contributed by atoms with van der Waals surface area (Å²) in [7, 11) is 0. The van der Waals surface area contributed by atoms with Crippen LogP contribution in [0.2, 0.25) is 5.02 Å². The van der Waals surface area contributed by atoms with Crippen molar-refractivity contribution in [2.24, 2.45) is 0 Å². The number of fused-ring (bicyclic) bond motifs is 1. The van der Waals surface area contributed by atoms with Crippen molar-refractivity contribution < 1.29 is 18.8 Å². The van der Waals surface area contributed by atoms with E-state index in [0.29, 0.717) is 43.8 Å². The summed E-state index contributed by atoms with van der Waals surface area (Å²) in [6, 6.07) is 8.05. The predicted octanol–water partition coefficient (Wildman–Crippen LogP) is 3.47. The van der Waals surface area contributed by atoms with E-state index in [-0.39, 0.29) is 28.4 Å². The fourth-order valence-corrected chi connectivity index (χ4v) is 5.03. The Labute approximate surface area is 213 Å². The minimum atomic E-state index is -1.00. The molecule has 0 unspecified atom stereocenters. The van der Waals surface area contributed by atoms with Crippen LogP contribution in [0.4, 0.5) is 4.39 Å². The summed E-state index contributed by atoms with van der Waals surface area (Å²) in [5, 5.41) is 3.58. The minimum Gasteiger partial charge on any atom is -0.352 e. The van der Waals surface area contributed by atoms with Crippen molar-refractivity contribution in [3.63, 3.8) is 0 Å². The zero-order chi connectivity index (χ0) is 25.6. The molecule has 0 bridgehead atoms. The van der Waals surface area contributed by atoms with Crippen LogP contribution in [0.15, 0.2) is 36.5 Å². The highest BCUT2D eigenvalue weighted by Gasteiger charge is 2.41. The lowest BCUT2D eigenvalue weighted by atomic mass is 9.98. The van der Waals surface area contributed by atoms with Crippen molar-refractivity contribution in [1.82, 2.24) is 24.7 Å². The van der Waals surface area contributed by atoms with Gasteiger partial charge in [-0.1, -0.05) is 17.7 Å². The number of nitrogens with zero attached hydrogens (tertiary/aromatic N) is 4. The molecule has 2 aliphatic rings. The van der Waals surface area contributed by atoms with Crippen molar-refractivity contribution in [1.29, 1.82) is 0 Å². The highest BCUT2D eigenvalue weighted by molar-refractivity contribution is 6.30. The van der Waals surface area contributed by atoms with Crippen LogP contribution in [0.25, 0.3) is 22.2 Å². The third-order valence-corrected chi connectivity index (χ3v) is 7.36. The number of likely N-dealkylation sites (tertiary alicyclic amines) is 1. The summed E-state index contributed by atoms with van der Waals surface area (Å²) in [4.78, 5) is 46.0. The second-order valence-electron chi connectivity index (χ2n) is 9.69. The molecule has 10 heteroatoms. The summed E-state index contributed by atoms with van der Waals surface area (Å²) < 4.78 is 16.2. The molecule has 0 aliphatic carbocycles. The van der Waals surface area contributed by atoms with Gasteiger partial charge in [0.15, 0.2) is 0 Å². The molecule has 4 heterocycles. The molecular formula is C26H27ClFN5O3. The smallest absolute Gasteiger partial charge is 0.273 e. The molecule has 0 saturated carbocycles. The van der Waals surface area contributed by atoms with Gasteiger partial charge in [0.05, 0.1) is 5.02 Å². The number of pyridine rings is 1. The van der Waals surface area contributed by atoms with Crippen molar-refractivity contribution >= 4 is 40.4 Å². The van der Waals surface area contributed by atoms with Gasteiger partial charge in [-0.15, -0.1) is 0 Å². The first-order valence-corrected chi connectivity index (χ1v) is 12.4. The third kappa shape index (κ3) is 4.21. The van der Waals surface area contributed by atoms with E-state index < -0.39 is 11.4 Å². The van der Waals surface area contributed by atoms with Crippen LogP contribution in [0.5, 0.6) is 0 Å². The third-order valence-electron chi connectivity index (χ3n) is 7.05. The number of hydrogen-bond acceptors (Lipinski definition) is 4. The molecule has 0 atom stereocenters. The molecule has 1 N–H and O–H groups in total. The average Bonchev–Trinajstić information content (AvgIpc) is 3.43. The maximum atomic E-state index is 14.3. The maximum Gasteiger partial charge on any atom is 0.273 e. The van der Waals surface area contributed by atoms with Gasteiger partial charge in [0.1, 0.15) is 22.7 Å². The van der Waals surface area contributed by atoms with Crippen molar-refractivity contribution in [2.45, 2.75) is 38.8 Å². The van der Waals surface area contributed by atoms with Crippen molar-refractivity contribution in [2.75, 3.05) is 26.2 Å². The van der Waals surface area contributed by atoms with Crippen LogP contribution in [0, 0.1) is 5.82 Å². The SMILES string of the molecule is CC1(C)C(=O)NCCN1C(=O)c1ccc2c(-c3ccc(Cl)c(F)c3)cn(CCN3CCCC3=O)c2n1. The van der Waals surface area contributed by atoms with Crippen LogP contribution in [0.3, 0.4) is 0 Å². The molecule has 5 rings (SSSR count). The number of benzene rings is 1. The lowest BCUT2D eigenvalue weighted by Gasteiger charge is -2.40. The highest BCUT2D eigenvalue weighted by atomic mass is 35.5. The Hall–Kier alpha value is -3.46. The number of carbonyl (C=O) groups excluding carboxylic acids is 3. The molecule has 2 saturated heterocycles. The van der Waals surface area contributed by atoms with Crippen molar-refractivity contribution in [3.8, 4) is 11.1 Å². The maximum absolute atomic E-state index is 14.3. The van der Waals surface area contributed by atoms with Crippen molar-refractivity contribution in [3.05, 3.63) is 53.1 Å². The summed E-state index contributed by atoms with van der Waals surface area (Å²) in [5.74, 6) is -0.948. The van der Waals surface area contributed by atoms with Gasteiger partial charge < -0.3 is 19.7 Å². The Morgan fingerprint density at radius 2 is 1.97 bits per heavy atom. The fourth-order valence-electron chi connectivity index (χ4n) is 4.91. The molecule has 188 valence electrons. The number of hydrogen-bond donors (Lipinski definition) is 1. The predicted molar refractivity (Wildman–Crippen MR) is 134 cm³/mol. The summed E-state index contributed by atoms with van der Waals surface area (Å²) in [6.07, 6.45) is 3.27. The second-order valence-corrected chi connectivity index (χ2v) is 10.1. The first kappa shape index (κ1) is 24.2. The molecule has 3 amide bonds. The van der Waals surface area contributed by atoms with Crippen LogP contribution in [-0.2, 0) is 16.1 Å². The van der Waals surface area contributed by atoms with E-state index in [9.17, 15) is 18.8 Å². The molecule has 2 aromatic heterocycles. The van der Waals surface area contributed by atoms with Crippen LogP contribution < -0.4 is 5.32 Å². The van der Waals surface area contributed by atoms with Gasteiger partial charge in [-0.2, -0.15) is 0 Å². The molecular weight excluding hydrogens is 485 g/mol. The van der Waals surface area contributed by atoms with E-state index >= 15 is 0 Å². The van der Waals surface area contributed by atoms with Gasteiger partial charge in [0, 0.05) is 56.3 Å². The molecule has 1 aromatic carbocycles. The van der Waals surface area contributed by atoms with Crippen LogP contribution in [-0.4, -0.2) is 68.8 Å². The van der Waals surface area contributed by atoms with E-state index in [4.69, 9.17) is 16.6 Å². The number of rotatable bonds is 5. The molecule has 0 radical (unpaired) electrons. The molecule has 0 spiro atoms. The Balaban J connectivity index is 1.55. The summed E-state index contributed by atoms with van der Waals surface area (Å²) in [5.41, 5.74) is 1.15.